The van der Waals surface area contributed by atoms with Crippen LogP contribution in [0.25, 0.3) is 0 Å². The van der Waals surface area contributed by atoms with Crippen molar-refractivity contribution in [1.82, 2.24) is 5.32 Å². The van der Waals surface area contributed by atoms with Crippen molar-refractivity contribution in [1.29, 1.82) is 0 Å². The van der Waals surface area contributed by atoms with E-state index in [1.807, 2.05) is 6.08 Å². The second-order valence-corrected chi connectivity index (χ2v) is 15.1. The largest absolute Gasteiger partial charge is 0.394 e. The van der Waals surface area contributed by atoms with Crippen LogP contribution in [0.1, 0.15) is 142 Å². The topological polar surface area (TPSA) is 228 Å². The Balaban J connectivity index is 1.89. The first-order valence-corrected chi connectivity index (χ1v) is 20.9. The lowest BCUT2D eigenvalue weighted by molar-refractivity contribution is -0.359. The fraction of sp³-hybridized carbons (Fsp3) is 0.925. The molecule has 14 nitrogen and oxygen atoms in total. The molecule has 2 aliphatic rings. The van der Waals surface area contributed by atoms with Crippen LogP contribution in [-0.4, -0.2) is 140 Å². The molecule has 0 saturated carbocycles. The summed E-state index contributed by atoms with van der Waals surface area (Å²) in [7, 11) is 0. The summed E-state index contributed by atoms with van der Waals surface area (Å²) < 4.78 is 22.5. The van der Waals surface area contributed by atoms with Crippen molar-refractivity contribution in [2.45, 2.75) is 216 Å². The second-order valence-electron chi connectivity index (χ2n) is 15.1. The van der Waals surface area contributed by atoms with Gasteiger partial charge in [-0.25, -0.2) is 0 Å². The third kappa shape index (κ3) is 17.9. The van der Waals surface area contributed by atoms with E-state index in [1.165, 1.54) is 70.6 Å². The molecule has 0 radical (unpaired) electrons. The third-order valence-corrected chi connectivity index (χ3v) is 10.5. The minimum atomic E-state index is -1.78. The fourth-order valence-electron chi connectivity index (χ4n) is 6.94. The maximum atomic E-state index is 12.9. The highest BCUT2D eigenvalue weighted by molar-refractivity contribution is 5.76. The summed E-state index contributed by atoms with van der Waals surface area (Å²) in [6, 6.07) is -0.903. The lowest BCUT2D eigenvalue weighted by Gasteiger charge is -2.46. The number of unbranched alkanes of at least 4 members (excludes halogenated alkanes) is 17. The van der Waals surface area contributed by atoms with Gasteiger partial charge in [-0.3, -0.25) is 4.79 Å². The van der Waals surface area contributed by atoms with Crippen LogP contribution in [-0.2, 0) is 23.7 Å². The van der Waals surface area contributed by atoms with Crippen molar-refractivity contribution in [2.24, 2.45) is 0 Å². The number of nitrogens with one attached hydrogen (secondary N) is 1. The lowest BCUT2D eigenvalue weighted by Crippen LogP contribution is -2.65. The molecule has 9 N–H and O–H groups in total. The molecular formula is C40H75NO13. The summed E-state index contributed by atoms with van der Waals surface area (Å²) in [4.78, 5) is 12.9. The van der Waals surface area contributed by atoms with Crippen molar-refractivity contribution in [3.8, 4) is 0 Å². The summed E-state index contributed by atoms with van der Waals surface area (Å²) in [5, 5.41) is 85.9. The van der Waals surface area contributed by atoms with E-state index in [-0.39, 0.29) is 18.9 Å². The molecule has 12 unspecified atom stereocenters. The molecule has 1 amide bonds. The molecular weight excluding hydrogens is 702 g/mol. The van der Waals surface area contributed by atoms with Crippen LogP contribution in [0.3, 0.4) is 0 Å². The zero-order valence-corrected chi connectivity index (χ0v) is 33.0. The van der Waals surface area contributed by atoms with Gasteiger partial charge < -0.3 is 65.1 Å². The van der Waals surface area contributed by atoms with E-state index < -0.39 is 86.8 Å². The van der Waals surface area contributed by atoms with Gasteiger partial charge in [-0.2, -0.15) is 0 Å². The molecule has 0 spiro atoms. The van der Waals surface area contributed by atoms with Crippen molar-refractivity contribution in [3.63, 3.8) is 0 Å². The second kappa shape index (κ2) is 29.0. The molecule has 318 valence electrons. The van der Waals surface area contributed by atoms with E-state index in [0.29, 0.717) is 6.42 Å². The number of allylic oxidation sites excluding steroid dienone is 1. The monoisotopic (exact) mass is 778 g/mol. The Labute approximate surface area is 323 Å². The van der Waals surface area contributed by atoms with E-state index >= 15 is 0 Å². The van der Waals surface area contributed by atoms with Gasteiger partial charge in [0.1, 0.15) is 48.8 Å². The van der Waals surface area contributed by atoms with Crippen LogP contribution >= 0.6 is 0 Å². The maximum absolute atomic E-state index is 12.9. The molecule has 0 aromatic rings. The molecule has 0 bridgehead atoms. The lowest BCUT2D eigenvalue weighted by atomic mass is 9.97. The number of carbonyl (C=O) groups is 1. The predicted octanol–water partition coefficient (Wildman–Crippen LogP) is 2.87. The highest BCUT2D eigenvalue weighted by Crippen LogP contribution is 2.30. The zero-order valence-electron chi connectivity index (χ0n) is 33.0. The minimum Gasteiger partial charge on any atom is -0.394 e. The Morgan fingerprint density at radius 3 is 1.70 bits per heavy atom. The molecule has 12 atom stereocenters. The smallest absolute Gasteiger partial charge is 0.220 e. The van der Waals surface area contributed by atoms with E-state index in [2.05, 4.69) is 19.2 Å². The van der Waals surface area contributed by atoms with Crippen molar-refractivity contribution in [2.75, 3.05) is 19.8 Å². The SMILES string of the molecule is CCCCCCCCCCCCCCC/C=C/C(O)C(COC1OC(CO)C(OC2OC(CO)C(O)C(O)C2O)C(O)C1O)NC(=O)CCCCCCC. The van der Waals surface area contributed by atoms with Gasteiger partial charge in [0.15, 0.2) is 12.6 Å². The first kappa shape index (κ1) is 48.9. The predicted molar refractivity (Wildman–Crippen MR) is 203 cm³/mol. The fourth-order valence-corrected chi connectivity index (χ4v) is 6.94. The number of hydrogen-bond acceptors (Lipinski definition) is 13. The Morgan fingerprint density at radius 1 is 0.648 bits per heavy atom. The van der Waals surface area contributed by atoms with E-state index in [4.69, 9.17) is 18.9 Å². The van der Waals surface area contributed by atoms with Crippen LogP contribution in [0.4, 0.5) is 0 Å². The molecule has 54 heavy (non-hydrogen) atoms. The van der Waals surface area contributed by atoms with Gasteiger partial charge in [-0.05, 0) is 19.3 Å². The summed E-state index contributed by atoms with van der Waals surface area (Å²) in [5.41, 5.74) is 0. The number of aliphatic hydroxyl groups excluding tert-OH is 8. The van der Waals surface area contributed by atoms with Gasteiger partial charge in [0.05, 0.1) is 32.0 Å². The zero-order chi connectivity index (χ0) is 39.7. The average molecular weight is 778 g/mol. The van der Waals surface area contributed by atoms with Gasteiger partial charge in [0.2, 0.25) is 5.91 Å². The van der Waals surface area contributed by atoms with Crippen molar-refractivity contribution < 1.29 is 64.6 Å². The van der Waals surface area contributed by atoms with Crippen molar-refractivity contribution >= 4 is 5.91 Å². The highest BCUT2D eigenvalue weighted by atomic mass is 16.7. The molecule has 0 aliphatic carbocycles. The number of carbonyl (C=O) groups excluding carboxylic acids is 1. The van der Waals surface area contributed by atoms with E-state index in [9.17, 15) is 45.6 Å². The first-order valence-electron chi connectivity index (χ1n) is 20.9. The molecule has 2 saturated heterocycles. The van der Waals surface area contributed by atoms with Gasteiger partial charge in [-0.1, -0.05) is 129 Å². The normalized spacial score (nSPS) is 30.1. The summed E-state index contributed by atoms with van der Waals surface area (Å²) in [5.74, 6) is -0.254. The summed E-state index contributed by atoms with van der Waals surface area (Å²) in [6.45, 7) is 2.65. The Kier molecular flexibility index (Phi) is 26.3. The summed E-state index contributed by atoms with van der Waals surface area (Å²) >= 11 is 0. The Bertz CT molecular complexity index is 972. The standard InChI is InChI=1S/C40H75NO13/c1-3-5-7-9-10-11-12-13-14-15-16-17-18-20-21-23-29(44)28(41-32(45)24-22-19-8-6-4-2)27-51-39-37(50)35(48)38(31(26-43)53-39)54-40-36(49)34(47)33(46)30(25-42)52-40/h21,23,28-31,33-40,42-44,46-50H,3-20,22,24-27H2,1-2H3,(H,41,45)/b23-21+. The van der Waals surface area contributed by atoms with Gasteiger partial charge in [0.25, 0.3) is 0 Å². The molecule has 2 fully saturated rings. The number of amides is 1. The van der Waals surface area contributed by atoms with Crippen LogP contribution in [0.15, 0.2) is 12.2 Å². The Morgan fingerprint density at radius 2 is 1.15 bits per heavy atom. The van der Waals surface area contributed by atoms with Crippen molar-refractivity contribution in [3.05, 3.63) is 12.2 Å². The Hall–Kier alpha value is -1.27. The van der Waals surface area contributed by atoms with Crippen LogP contribution < -0.4 is 5.32 Å². The van der Waals surface area contributed by atoms with Gasteiger partial charge in [-0.15, -0.1) is 0 Å². The molecule has 0 aromatic carbocycles. The number of ether oxygens (including phenoxy) is 4. The van der Waals surface area contributed by atoms with Crippen LogP contribution in [0.5, 0.6) is 0 Å². The highest BCUT2D eigenvalue weighted by Gasteiger charge is 2.50. The summed E-state index contributed by atoms with van der Waals surface area (Å²) in [6.07, 6.45) is 8.89. The molecule has 14 heteroatoms. The van der Waals surface area contributed by atoms with E-state index in [0.717, 1.165) is 44.9 Å². The van der Waals surface area contributed by atoms with Gasteiger partial charge >= 0.3 is 0 Å². The van der Waals surface area contributed by atoms with E-state index in [1.54, 1.807) is 6.08 Å². The molecule has 2 aliphatic heterocycles. The number of rotatable bonds is 30. The molecule has 2 rings (SSSR count). The number of aliphatic hydroxyl groups is 8. The van der Waals surface area contributed by atoms with Crippen LogP contribution in [0, 0.1) is 0 Å². The third-order valence-electron chi connectivity index (χ3n) is 10.5. The van der Waals surface area contributed by atoms with Gasteiger partial charge in [0, 0.05) is 6.42 Å². The average Bonchev–Trinajstić information content (AvgIpc) is 3.17. The quantitative estimate of drug-likeness (QED) is 0.0378. The number of hydrogen-bond donors (Lipinski definition) is 9. The molecule has 0 aromatic heterocycles. The molecule has 2 heterocycles. The maximum Gasteiger partial charge on any atom is 0.220 e. The van der Waals surface area contributed by atoms with Crippen LogP contribution in [0.2, 0.25) is 0 Å². The first-order chi connectivity index (χ1) is 26.1. The minimum absolute atomic E-state index is 0.254.